The van der Waals surface area contributed by atoms with Crippen LogP contribution in [0.3, 0.4) is 0 Å². The molecule has 1 unspecified atom stereocenters. The van der Waals surface area contributed by atoms with Gasteiger partial charge in [0.15, 0.2) is 6.04 Å². The van der Waals surface area contributed by atoms with Crippen LogP contribution in [0.1, 0.15) is 18.5 Å². The average Bonchev–Trinajstić information content (AvgIpc) is 2.42. The highest BCUT2D eigenvalue weighted by molar-refractivity contribution is 5.83. The number of nitrogens with zero attached hydrogens (tertiary/aromatic N) is 1. The number of carbonyl (C=O) groups is 2. The molecule has 0 saturated carbocycles. The minimum Gasteiger partial charge on any atom is -0.479 e. The number of carboxylic acid groups (broad SMARTS) is 1. The first-order chi connectivity index (χ1) is 9.10. The van der Waals surface area contributed by atoms with Crippen LogP contribution in [0.15, 0.2) is 43.0 Å². The molecule has 1 aromatic rings. The fourth-order valence-corrected chi connectivity index (χ4v) is 1.66. The van der Waals surface area contributed by atoms with E-state index in [2.05, 4.69) is 11.9 Å². The molecule has 0 aliphatic heterocycles. The van der Waals surface area contributed by atoms with Gasteiger partial charge in [-0.3, -0.25) is 0 Å². The second-order valence-corrected chi connectivity index (χ2v) is 3.96. The van der Waals surface area contributed by atoms with Crippen molar-refractivity contribution in [2.75, 3.05) is 13.1 Å². The summed E-state index contributed by atoms with van der Waals surface area (Å²) in [6.45, 7) is 6.25. The van der Waals surface area contributed by atoms with Crippen LogP contribution in [0.4, 0.5) is 4.79 Å². The lowest BCUT2D eigenvalue weighted by molar-refractivity contribution is -0.139. The van der Waals surface area contributed by atoms with Gasteiger partial charge in [-0.15, -0.1) is 6.58 Å². The van der Waals surface area contributed by atoms with Crippen LogP contribution in [-0.4, -0.2) is 35.1 Å². The van der Waals surface area contributed by atoms with E-state index in [4.69, 9.17) is 0 Å². The third-order valence-electron chi connectivity index (χ3n) is 2.67. The Hall–Kier alpha value is -2.30. The van der Waals surface area contributed by atoms with Crippen LogP contribution in [0.25, 0.3) is 0 Å². The lowest BCUT2D eigenvalue weighted by Gasteiger charge is -2.22. The van der Waals surface area contributed by atoms with Gasteiger partial charge in [-0.1, -0.05) is 36.4 Å². The first-order valence-electron chi connectivity index (χ1n) is 6.04. The molecule has 0 fully saturated rings. The van der Waals surface area contributed by atoms with E-state index in [9.17, 15) is 14.7 Å². The second kappa shape index (κ2) is 7.20. The van der Waals surface area contributed by atoms with E-state index in [-0.39, 0.29) is 0 Å². The van der Waals surface area contributed by atoms with Gasteiger partial charge in [0.1, 0.15) is 0 Å². The molecule has 0 spiro atoms. The fourth-order valence-electron chi connectivity index (χ4n) is 1.66. The number of amides is 2. The van der Waals surface area contributed by atoms with E-state index >= 15 is 0 Å². The molecular formula is C14H18N2O3. The summed E-state index contributed by atoms with van der Waals surface area (Å²) in [5.74, 6) is -1.09. The first kappa shape index (κ1) is 14.8. The van der Waals surface area contributed by atoms with Crippen molar-refractivity contribution in [2.24, 2.45) is 0 Å². The van der Waals surface area contributed by atoms with Gasteiger partial charge in [-0.05, 0) is 12.5 Å². The van der Waals surface area contributed by atoms with Crippen LogP contribution in [0, 0.1) is 0 Å². The number of rotatable bonds is 6. The number of hydrogen-bond donors (Lipinski definition) is 2. The third-order valence-corrected chi connectivity index (χ3v) is 2.67. The molecule has 5 nitrogen and oxygen atoms in total. The second-order valence-electron chi connectivity index (χ2n) is 3.96. The van der Waals surface area contributed by atoms with Crippen molar-refractivity contribution >= 4 is 12.0 Å². The van der Waals surface area contributed by atoms with Crippen LogP contribution < -0.4 is 5.32 Å². The van der Waals surface area contributed by atoms with E-state index in [1.54, 1.807) is 36.4 Å². The molecule has 5 heteroatoms. The van der Waals surface area contributed by atoms with E-state index < -0.39 is 18.0 Å². The molecule has 0 aromatic heterocycles. The number of carbonyl (C=O) groups excluding carboxylic acids is 1. The van der Waals surface area contributed by atoms with Crippen LogP contribution in [0.2, 0.25) is 0 Å². The van der Waals surface area contributed by atoms with Crippen molar-refractivity contribution in [1.82, 2.24) is 10.2 Å². The minimum absolute atomic E-state index is 0.378. The van der Waals surface area contributed by atoms with Crippen molar-refractivity contribution in [2.45, 2.75) is 13.0 Å². The van der Waals surface area contributed by atoms with Gasteiger partial charge >= 0.3 is 12.0 Å². The quantitative estimate of drug-likeness (QED) is 0.771. The normalized spacial score (nSPS) is 11.4. The molecular weight excluding hydrogens is 244 g/mol. The zero-order valence-electron chi connectivity index (χ0n) is 10.9. The number of nitrogens with one attached hydrogen (secondary N) is 1. The average molecular weight is 262 g/mol. The monoisotopic (exact) mass is 262 g/mol. The number of carboxylic acids is 1. The molecule has 19 heavy (non-hydrogen) atoms. The van der Waals surface area contributed by atoms with Crippen molar-refractivity contribution < 1.29 is 14.7 Å². The van der Waals surface area contributed by atoms with Gasteiger partial charge in [0.2, 0.25) is 0 Å². The van der Waals surface area contributed by atoms with Gasteiger partial charge in [0.05, 0.1) is 0 Å². The van der Waals surface area contributed by atoms with Crippen molar-refractivity contribution in [3.63, 3.8) is 0 Å². The summed E-state index contributed by atoms with van der Waals surface area (Å²) in [7, 11) is 0. The molecule has 1 atom stereocenters. The highest BCUT2D eigenvalue weighted by Gasteiger charge is 2.23. The zero-order chi connectivity index (χ0) is 14.3. The molecule has 0 aliphatic rings. The number of hydrogen-bond acceptors (Lipinski definition) is 2. The molecule has 0 heterocycles. The Morgan fingerprint density at radius 1 is 1.42 bits per heavy atom. The maximum atomic E-state index is 12.0. The van der Waals surface area contributed by atoms with Gasteiger partial charge in [-0.25, -0.2) is 9.59 Å². The van der Waals surface area contributed by atoms with Crippen LogP contribution in [0.5, 0.6) is 0 Å². The predicted octanol–water partition coefficient (Wildman–Crippen LogP) is 2.03. The Morgan fingerprint density at radius 2 is 2.05 bits per heavy atom. The first-order valence-corrected chi connectivity index (χ1v) is 6.04. The molecule has 2 amide bonds. The van der Waals surface area contributed by atoms with E-state index in [1.165, 1.54) is 4.90 Å². The van der Waals surface area contributed by atoms with Crippen LogP contribution >= 0.6 is 0 Å². The number of likely N-dealkylation sites (N-methyl/N-ethyl adjacent to an activating group) is 1. The lowest BCUT2D eigenvalue weighted by atomic mass is 10.1. The highest BCUT2D eigenvalue weighted by Crippen LogP contribution is 2.13. The Bertz CT molecular complexity index is 445. The molecule has 2 N–H and O–H groups in total. The summed E-state index contributed by atoms with van der Waals surface area (Å²) in [5, 5.41) is 11.7. The summed E-state index contributed by atoms with van der Waals surface area (Å²) in [5.41, 5.74) is 0.540. The summed E-state index contributed by atoms with van der Waals surface area (Å²) < 4.78 is 0. The van der Waals surface area contributed by atoms with E-state index in [1.807, 2.05) is 6.92 Å². The molecule has 0 aliphatic carbocycles. The maximum Gasteiger partial charge on any atom is 0.330 e. The zero-order valence-corrected chi connectivity index (χ0v) is 10.9. The SMILES string of the molecule is C=CCN(CC)C(=O)NC(C(=O)O)c1ccccc1. The molecule has 0 saturated heterocycles. The minimum atomic E-state index is -1.09. The summed E-state index contributed by atoms with van der Waals surface area (Å²) >= 11 is 0. The Balaban J connectivity index is 2.82. The lowest BCUT2D eigenvalue weighted by Crippen LogP contribution is -2.43. The number of benzene rings is 1. The molecule has 1 aromatic carbocycles. The highest BCUT2D eigenvalue weighted by atomic mass is 16.4. The molecule has 102 valence electrons. The van der Waals surface area contributed by atoms with Crippen molar-refractivity contribution in [1.29, 1.82) is 0 Å². The molecule has 0 bridgehead atoms. The smallest absolute Gasteiger partial charge is 0.330 e. The largest absolute Gasteiger partial charge is 0.479 e. The van der Waals surface area contributed by atoms with Gasteiger partial charge in [-0.2, -0.15) is 0 Å². The number of urea groups is 1. The topological polar surface area (TPSA) is 69.6 Å². The predicted molar refractivity (Wildman–Crippen MR) is 72.8 cm³/mol. The summed E-state index contributed by atoms with van der Waals surface area (Å²) in [6.07, 6.45) is 1.60. The van der Waals surface area contributed by atoms with Crippen molar-refractivity contribution in [3.8, 4) is 0 Å². The Morgan fingerprint density at radius 3 is 2.53 bits per heavy atom. The molecule has 0 radical (unpaired) electrons. The fraction of sp³-hybridized carbons (Fsp3) is 0.286. The van der Waals surface area contributed by atoms with E-state index in [0.29, 0.717) is 18.7 Å². The van der Waals surface area contributed by atoms with Crippen LogP contribution in [-0.2, 0) is 4.79 Å². The standard InChI is InChI=1S/C14H18N2O3/c1-3-10-16(4-2)14(19)15-12(13(17)18)11-8-6-5-7-9-11/h3,5-9,12H,1,4,10H2,2H3,(H,15,19)(H,17,18). The maximum absolute atomic E-state index is 12.0. The van der Waals surface area contributed by atoms with Gasteiger partial charge < -0.3 is 15.3 Å². The Kier molecular flexibility index (Phi) is 5.60. The van der Waals surface area contributed by atoms with Crippen molar-refractivity contribution in [3.05, 3.63) is 48.6 Å². The molecule has 1 rings (SSSR count). The Labute approximate surface area is 112 Å². The summed E-state index contributed by atoms with van der Waals surface area (Å²) in [6, 6.07) is 7.13. The third kappa shape index (κ3) is 4.13. The summed E-state index contributed by atoms with van der Waals surface area (Å²) in [4.78, 5) is 24.7. The van der Waals surface area contributed by atoms with Gasteiger partial charge in [0, 0.05) is 13.1 Å². The number of aliphatic carboxylic acids is 1. The van der Waals surface area contributed by atoms with Gasteiger partial charge in [0.25, 0.3) is 0 Å². The van der Waals surface area contributed by atoms with E-state index in [0.717, 1.165) is 0 Å².